The number of hydrogen-bond donors (Lipinski definition) is 2. The Bertz CT molecular complexity index is 294. The van der Waals surface area contributed by atoms with Crippen molar-refractivity contribution >= 4 is 5.82 Å². The fourth-order valence-electron chi connectivity index (χ4n) is 0.724. The summed E-state index contributed by atoms with van der Waals surface area (Å²) in [4.78, 5) is 7.66. The van der Waals surface area contributed by atoms with Crippen LogP contribution in [0, 0.1) is 11.3 Å². The summed E-state index contributed by atoms with van der Waals surface area (Å²) in [5.41, 5.74) is 0.242. The van der Waals surface area contributed by atoms with Crippen LogP contribution in [-0.4, -0.2) is 28.2 Å². The topological polar surface area (TPSA) is 81.8 Å². The van der Waals surface area contributed by atoms with Gasteiger partial charge in [-0.15, -0.1) is 0 Å². The maximum absolute atomic E-state index is 8.56. The summed E-state index contributed by atoms with van der Waals surface area (Å²) in [5, 5.41) is 19.8. The summed E-state index contributed by atoms with van der Waals surface area (Å²) in [7, 11) is 0. The van der Waals surface area contributed by atoms with Crippen molar-refractivity contribution in [3.8, 4) is 6.07 Å². The number of nitriles is 1. The molecule has 5 nitrogen and oxygen atoms in total. The van der Waals surface area contributed by atoms with Crippen molar-refractivity contribution in [2.75, 3.05) is 18.5 Å². The molecule has 0 amide bonds. The van der Waals surface area contributed by atoms with Gasteiger partial charge in [-0.2, -0.15) is 5.26 Å². The quantitative estimate of drug-likeness (QED) is 0.643. The van der Waals surface area contributed by atoms with Gasteiger partial charge in [-0.25, -0.2) is 9.97 Å². The lowest BCUT2D eigenvalue weighted by atomic mass is 10.4. The fraction of sp³-hybridized carbons (Fsp3) is 0.286. The third kappa shape index (κ3) is 1.90. The van der Waals surface area contributed by atoms with Gasteiger partial charge in [-0.1, -0.05) is 0 Å². The number of rotatable bonds is 3. The highest BCUT2D eigenvalue weighted by Gasteiger charge is 2.00. The molecule has 0 aliphatic carbocycles. The van der Waals surface area contributed by atoms with E-state index in [1.165, 1.54) is 12.4 Å². The molecular formula is C7H8N4O. The molecule has 0 fully saturated rings. The Morgan fingerprint density at radius 2 is 2.25 bits per heavy atom. The number of nitrogens with zero attached hydrogens (tertiary/aromatic N) is 3. The number of aromatic nitrogens is 2. The lowest BCUT2D eigenvalue weighted by Crippen LogP contribution is -2.08. The zero-order valence-electron chi connectivity index (χ0n) is 6.36. The maximum Gasteiger partial charge on any atom is 0.182 e. The van der Waals surface area contributed by atoms with Crippen LogP contribution in [0.25, 0.3) is 0 Å². The predicted molar refractivity (Wildman–Crippen MR) is 42.3 cm³/mol. The third-order valence-corrected chi connectivity index (χ3v) is 1.21. The highest BCUT2D eigenvalue weighted by atomic mass is 16.3. The standard InChI is InChI=1S/C7H8N4O/c8-5-6-7(11-3-4-12)10-2-1-9-6/h1-2,12H,3-4H2,(H,10,11). The van der Waals surface area contributed by atoms with E-state index in [0.717, 1.165) is 0 Å². The van der Waals surface area contributed by atoms with Crippen molar-refractivity contribution in [1.82, 2.24) is 9.97 Å². The maximum atomic E-state index is 8.56. The van der Waals surface area contributed by atoms with Gasteiger partial charge in [0.05, 0.1) is 6.61 Å². The fourth-order valence-corrected chi connectivity index (χ4v) is 0.724. The molecule has 2 N–H and O–H groups in total. The molecule has 0 unspecified atom stereocenters. The van der Waals surface area contributed by atoms with Crippen molar-refractivity contribution in [2.45, 2.75) is 0 Å². The van der Waals surface area contributed by atoms with E-state index in [9.17, 15) is 0 Å². The summed E-state index contributed by atoms with van der Waals surface area (Å²) < 4.78 is 0. The van der Waals surface area contributed by atoms with E-state index in [2.05, 4.69) is 15.3 Å². The smallest absolute Gasteiger partial charge is 0.182 e. The Morgan fingerprint density at radius 3 is 2.92 bits per heavy atom. The van der Waals surface area contributed by atoms with Gasteiger partial charge in [0.15, 0.2) is 11.5 Å². The normalized spacial score (nSPS) is 9.00. The van der Waals surface area contributed by atoms with Gasteiger partial charge in [0.25, 0.3) is 0 Å². The Balaban J connectivity index is 2.77. The largest absolute Gasteiger partial charge is 0.395 e. The first-order chi connectivity index (χ1) is 5.88. The average Bonchev–Trinajstić information content (AvgIpc) is 2.15. The lowest BCUT2D eigenvalue weighted by molar-refractivity contribution is 0.311. The second kappa shape index (κ2) is 4.26. The highest BCUT2D eigenvalue weighted by Crippen LogP contribution is 2.04. The molecule has 0 radical (unpaired) electrons. The van der Waals surface area contributed by atoms with E-state index >= 15 is 0 Å². The van der Waals surface area contributed by atoms with Crippen LogP contribution in [0.3, 0.4) is 0 Å². The summed E-state index contributed by atoms with van der Waals surface area (Å²) in [5.74, 6) is 0.411. The number of anilines is 1. The van der Waals surface area contributed by atoms with Gasteiger partial charge in [0.2, 0.25) is 0 Å². The zero-order valence-corrected chi connectivity index (χ0v) is 6.36. The molecule has 0 aliphatic rings. The molecule has 1 rings (SSSR count). The van der Waals surface area contributed by atoms with Crippen LogP contribution in [-0.2, 0) is 0 Å². The first-order valence-electron chi connectivity index (χ1n) is 3.44. The van der Waals surface area contributed by atoms with Crippen LogP contribution < -0.4 is 5.32 Å². The van der Waals surface area contributed by atoms with Gasteiger partial charge >= 0.3 is 0 Å². The molecule has 0 bridgehead atoms. The average molecular weight is 164 g/mol. The first-order valence-corrected chi connectivity index (χ1v) is 3.44. The van der Waals surface area contributed by atoms with Gasteiger partial charge in [-0.3, -0.25) is 0 Å². The molecule has 0 spiro atoms. The van der Waals surface area contributed by atoms with Crippen LogP contribution in [0.15, 0.2) is 12.4 Å². The molecule has 12 heavy (non-hydrogen) atoms. The predicted octanol–water partition coefficient (Wildman–Crippen LogP) is -0.248. The number of aliphatic hydroxyl groups is 1. The molecule has 0 aliphatic heterocycles. The van der Waals surface area contributed by atoms with Gasteiger partial charge < -0.3 is 10.4 Å². The molecule has 5 heteroatoms. The minimum atomic E-state index is 0.00143. The molecule has 0 saturated carbocycles. The molecule has 0 atom stereocenters. The van der Waals surface area contributed by atoms with Crippen LogP contribution in [0.4, 0.5) is 5.82 Å². The number of hydrogen-bond acceptors (Lipinski definition) is 5. The summed E-state index contributed by atoms with van der Waals surface area (Å²) in [6.45, 7) is 0.370. The van der Waals surface area contributed by atoms with Gasteiger partial charge in [-0.05, 0) is 0 Å². The second-order valence-corrected chi connectivity index (χ2v) is 2.02. The molecule has 1 heterocycles. The van der Waals surface area contributed by atoms with Crippen molar-refractivity contribution in [3.63, 3.8) is 0 Å². The van der Waals surface area contributed by atoms with Crippen molar-refractivity contribution in [3.05, 3.63) is 18.1 Å². The third-order valence-electron chi connectivity index (χ3n) is 1.21. The highest BCUT2D eigenvalue weighted by molar-refractivity contribution is 5.46. The Labute approximate surface area is 69.7 Å². The van der Waals surface area contributed by atoms with Gasteiger partial charge in [0, 0.05) is 18.9 Å². The van der Waals surface area contributed by atoms with E-state index in [1.54, 1.807) is 0 Å². The van der Waals surface area contributed by atoms with E-state index in [0.29, 0.717) is 12.4 Å². The molecule has 0 saturated heterocycles. The molecule has 62 valence electrons. The van der Waals surface area contributed by atoms with E-state index in [-0.39, 0.29) is 12.3 Å². The van der Waals surface area contributed by atoms with Crippen molar-refractivity contribution < 1.29 is 5.11 Å². The summed E-state index contributed by atoms with van der Waals surface area (Å²) >= 11 is 0. The van der Waals surface area contributed by atoms with Crippen molar-refractivity contribution in [2.24, 2.45) is 0 Å². The van der Waals surface area contributed by atoms with Crippen LogP contribution in [0.2, 0.25) is 0 Å². The molecule has 1 aromatic rings. The minimum Gasteiger partial charge on any atom is -0.395 e. The number of aliphatic hydroxyl groups excluding tert-OH is 1. The summed E-state index contributed by atoms with van der Waals surface area (Å²) in [6.07, 6.45) is 2.93. The lowest BCUT2D eigenvalue weighted by Gasteiger charge is -2.02. The molecule has 1 aromatic heterocycles. The summed E-state index contributed by atoms with van der Waals surface area (Å²) in [6, 6.07) is 1.89. The monoisotopic (exact) mass is 164 g/mol. The van der Waals surface area contributed by atoms with E-state index < -0.39 is 0 Å². The Morgan fingerprint density at radius 1 is 1.50 bits per heavy atom. The Hall–Kier alpha value is -1.67. The second-order valence-electron chi connectivity index (χ2n) is 2.02. The Kier molecular flexibility index (Phi) is 2.99. The molecular weight excluding hydrogens is 156 g/mol. The molecule has 0 aromatic carbocycles. The minimum absolute atomic E-state index is 0.00143. The SMILES string of the molecule is N#Cc1nccnc1NCCO. The van der Waals surface area contributed by atoms with Crippen LogP contribution in [0.5, 0.6) is 0 Å². The first kappa shape index (κ1) is 8.43. The van der Waals surface area contributed by atoms with Crippen LogP contribution >= 0.6 is 0 Å². The van der Waals surface area contributed by atoms with E-state index in [1.807, 2.05) is 6.07 Å². The zero-order chi connectivity index (χ0) is 8.81. The number of nitrogens with one attached hydrogen (secondary N) is 1. The van der Waals surface area contributed by atoms with E-state index in [4.69, 9.17) is 10.4 Å². The van der Waals surface area contributed by atoms with Crippen LogP contribution in [0.1, 0.15) is 5.69 Å². The van der Waals surface area contributed by atoms with Gasteiger partial charge in [0.1, 0.15) is 6.07 Å². The van der Waals surface area contributed by atoms with Crippen molar-refractivity contribution in [1.29, 1.82) is 5.26 Å².